The maximum Gasteiger partial charge on any atom is 0.144 e. The Morgan fingerprint density at radius 3 is 2.57 bits per heavy atom. The normalized spacial score (nSPS) is 10.4. The van der Waals surface area contributed by atoms with Gasteiger partial charge in [0.25, 0.3) is 0 Å². The van der Waals surface area contributed by atoms with Crippen LogP contribution in [0, 0.1) is 0 Å². The molecule has 0 spiro atoms. The van der Waals surface area contributed by atoms with E-state index in [9.17, 15) is 0 Å². The third kappa shape index (κ3) is 1.33. The standard InChI is InChI=1S/C12H13NO/c1-3-11-9-6-4-5-7-10(9)12(14-2)8-13-11/h4-8H,3H2,1-2H3. The summed E-state index contributed by atoms with van der Waals surface area (Å²) in [5.41, 5.74) is 1.13. The lowest BCUT2D eigenvalue weighted by Crippen LogP contribution is -1.92. The van der Waals surface area contributed by atoms with E-state index < -0.39 is 0 Å². The van der Waals surface area contributed by atoms with Crippen molar-refractivity contribution in [3.63, 3.8) is 0 Å². The monoisotopic (exact) mass is 187 g/mol. The summed E-state index contributed by atoms with van der Waals surface area (Å²) in [4.78, 5) is 4.37. The van der Waals surface area contributed by atoms with E-state index in [0.29, 0.717) is 0 Å². The number of nitrogens with zero attached hydrogens (tertiary/aromatic N) is 1. The lowest BCUT2D eigenvalue weighted by molar-refractivity contribution is 0.418. The van der Waals surface area contributed by atoms with Crippen LogP contribution in [0.2, 0.25) is 0 Å². The van der Waals surface area contributed by atoms with E-state index in [2.05, 4.69) is 24.0 Å². The number of hydrogen-bond donors (Lipinski definition) is 0. The molecule has 0 atom stereocenters. The van der Waals surface area contributed by atoms with Crippen molar-refractivity contribution in [1.29, 1.82) is 0 Å². The van der Waals surface area contributed by atoms with Crippen LogP contribution < -0.4 is 4.74 Å². The Bertz CT molecular complexity index is 409. The highest BCUT2D eigenvalue weighted by Crippen LogP contribution is 2.26. The molecule has 0 unspecified atom stereocenters. The summed E-state index contributed by atoms with van der Waals surface area (Å²) >= 11 is 0. The molecule has 0 saturated heterocycles. The van der Waals surface area contributed by atoms with Gasteiger partial charge in [-0.05, 0) is 6.42 Å². The summed E-state index contributed by atoms with van der Waals surface area (Å²) in [6.07, 6.45) is 2.74. The van der Waals surface area contributed by atoms with Crippen molar-refractivity contribution in [2.45, 2.75) is 13.3 Å². The maximum absolute atomic E-state index is 5.26. The van der Waals surface area contributed by atoms with Gasteiger partial charge in [0.15, 0.2) is 0 Å². The summed E-state index contributed by atoms with van der Waals surface area (Å²) in [5, 5.41) is 2.33. The fraction of sp³-hybridized carbons (Fsp3) is 0.250. The minimum absolute atomic E-state index is 0.845. The number of aromatic nitrogens is 1. The topological polar surface area (TPSA) is 22.1 Å². The van der Waals surface area contributed by atoms with Crippen molar-refractivity contribution >= 4 is 10.8 Å². The molecule has 72 valence electrons. The Morgan fingerprint density at radius 2 is 1.93 bits per heavy atom. The third-order valence-electron chi connectivity index (χ3n) is 2.40. The molecule has 1 heterocycles. The fourth-order valence-electron chi connectivity index (χ4n) is 1.67. The van der Waals surface area contributed by atoms with Crippen LogP contribution in [0.15, 0.2) is 30.5 Å². The quantitative estimate of drug-likeness (QED) is 0.721. The minimum atomic E-state index is 0.845. The first-order valence-electron chi connectivity index (χ1n) is 4.77. The molecular formula is C12H13NO. The molecule has 2 heteroatoms. The van der Waals surface area contributed by atoms with Crippen LogP contribution in [0.25, 0.3) is 10.8 Å². The van der Waals surface area contributed by atoms with E-state index in [1.165, 1.54) is 5.39 Å². The predicted molar refractivity (Wildman–Crippen MR) is 57.7 cm³/mol. The average molecular weight is 187 g/mol. The van der Waals surface area contributed by atoms with Crippen LogP contribution in [0.3, 0.4) is 0 Å². The molecule has 2 rings (SSSR count). The van der Waals surface area contributed by atoms with Gasteiger partial charge in [-0.3, -0.25) is 4.98 Å². The molecule has 0 radical (unpaired) electrons. The first-order valence-corrected chi connectivity index (χ1v) is 4.77. The number of aryl methyl sites for hydroxylation is 1. The van der Waals surface area contributed by atoms with E-state index in [1.54, 1.807) is 13.3 Å². The van der Waals surface area contributed by atoms with Crippen molar-refractivity contribution in [1.82, 2.24) is 4.98 Å². The molecule has 0 fully saturated rings. The lowest BCUT2D eigenvalue weighted by Gasteiger charge is -2.07. The van der Waals surface area contributed by atoms with Gasteiger partial charge in [0.2, 0.25) is 0 Å². The van der Waals surface area contributed by atoms with E-state index in [0.717, 1.165) is 23.3 Å². The summed E-state index contributed by atoms with van der Waals surface area (Å²) < 4.78 is 5.26. The zero-order valence-corrected chi connectivity index (χ0v) is 8.45. The van der Waals surface area contributed by atoms with Gasteiger partial charge in [-0.15, -0.1) is 0 Å². The molecule has 2 aromatic rings. The maximum atomic E-state index is 5.26. The minimum Gasteiger partial charge on any atom is -0.494 e. The number of pyridine rings is 1. The molecule has 1 aromatic carbocycles. The third-order valence-corrected chi connectivity index (χ3v) is 2.40. The van der Waals surface area contributed by atoms with Gasteiger partial charge < -0.3 is 4.74 Å². The smallest absolute Gasteiger partial charge is 0.144 e. The van der Waals surface area contributed by atoms with E-state index in [-0.39, 0.29) is 0 Å². The Kier molecular flexibility index (Phi) is 2.35. The highest BCUT2D eigenvalue weighted by atomic mass is 16.5. The van der Waals surface area contributed by atoms with E-state index in [1.807, 2.05) is 12.1 Å². The van der Waals surface area contributed by atoms with Gasteiger partial charge in [-0.1, -0.05) is 31.2 Å². The fourth-order valence-corrected chi connectivity index (χ4v) is 1.67. The van der Waals surface area contributed by atoms with Crippen LogP contribution in [0.1, 0.15) is 12.6 Å². The predicted octanol–water partition coefficient (Wildman–Crippen LogP) is 2.81. The van der Waals surface area contributed by atoms with Crippen molar-refractivity contribution in [2.75, 3.05) is 7.11 Å². The van der Waals surface area contributed by atoms with Crippen LogP contribution in [0.4, 0.5) is 0 Å². The number of methoxy groups -OCH3 is 1. The lowest BCUT2D eigenvalue weighted by atomic mass is 10.1. The SMILES string of the molecule is CCc1ncc(OC)c2ccccc12. The first-order chi connectivity index (χ1) is 6.86. The van der Waals surface area contributed by atoms with E-state index in [4.69, 9.17) is 4.74 Å². The number of rotatable bonds is 2. The van der Waals surface area contributed by atoms with Crippen molar-refractivity contribution < 1.29 is 4.74 Å². The molecule has 1 aromatic heterocycles. The Labute approximate surface area is 83.5 Å². The molecular weight excluding hydrogens is 174 g/mol. The number of ether oxygens (including phenoxy) is 1. The zero-order valence-electron chi connectivity index (χ0n) is 8.45. The van der Waals surface area contributed by atoms with Crippen LogP contribution >= 0.6 is 0 Å². The molecule has 0 bridgehead atoms. The van der Waals surface area contributed by atoms with Crippen molar-refractivity contribution in [3.05, 3.63) is 36.2 Å². The van der Waals surface area contributed by atoms with Crippen LogP contribution in [0.5, 0.6) is 5.75 Å². The van der Waals surface area contributed by atoms with Gasteiger partial charge in [0, 0.05) is 16.5 Å². The number of benzene rings is 1. The van der Waals surface area contributed by atoms with Gasteiger partial charge in [-0.2, -0.15) is 0 Å². The molecule has 0 aliphatic heterocycles. The summed E-state index contributed by atoms with van der Waals surface area (Å²) in [5.74, 6) is 0.845. The van der Waals surface area contributed by atoms with Crippen LogP contribution in [-0.4, -0.2) is 12.1 Å². The summed E-state index contributed by atoms with van der Waals surface area (Å²) in [6.45, 7) is 2.11. The molecule has 2 nitrogen and oxygen atoms in total. The number of hydrogen-bond acceptors (Lipinski definition) is 2. The molecule has 0 amide bonds. The van der Waals surface area contributed by atoms with Gasteiger partial charge >= 0.3 is 0 Å². The molecule has 0 aliphatic carbocycles. The Morgan fingerprint density at radius 1 is 1.21 bits per heavy atom. The molecule has 14 heavy (non-hydrogen) atoms. The largest absolute Gasteiger partial charge is 0.494 e. The second kappa shape index (κ2) is 3.66. The van der Waals surface area contributed by atoms with E-state index >= 15 is 0 Å². The Hall–Kier alpha value is -1.57. The van der Waals surface area contributed by atoms with Gasteiger partial charge in [-0.25, -0.2) is 0 Å². The van der Waals surface area contributed by atoms with Crippen LogP contribution in [-0.2, 0) is 6.42 Å². The highest BCUT2D eigenvalue weighted by molar-refractivity contribution is 5.89. The second-order valence-corrected chi connectivity index (χ2v) is 3.17. The molecule has 0 N–H and O–H groups in total. The molecule has 0 aliphatic rings. The second-order valence-electron chi connectivity index (χ2n) is 3.17. The average Bonchev–Trinajstić information content (AvgIpc) is 2.27. The summed E-state index contributed by atoms with van der Waals surface area (Å²) in [6, 6.07) is 8.20. The zero-order chi connectivity index (χ0) is 9.97. The summed E-state index contributed by atoms with van der Waals surface area (Å²) in [7, 11) is 1.68. The van der Waals surface area contributed by atoms with Gasteiger partial charge in [0.05, 0.1) is 13.3 Å². The number of fused-ring (bicyclic) bond motifs is 1. The highest BCUT2D eigenvalue weighted by Gasteiger charge is 2.04. The van der Waals surface area contributed by atoms with Crippen molar-refractivity contribution in [2.24, 2.45) is 0 Å². The Balaban J connectivity index is 2.78. The molecule has 0 saturated carbocycles. The van der Waals surface area contributed by atoms with Gasteiger partial charge in [0.1, 0.15) is 5.75 Å². The van der Waals surface area contributed by atoms with Crippen molar-refractivity contribution in [3.8, 4) is 5.75 Å². The first kappa shape index (κ1) is 9.00.